The molecule has 9 rings (SSSR count). The molecule has 0 saturated carbocycles. The van der Waals surface area contributed by atoms with E-state index in [1.807, 2.05) is 11.3 Å². The summed E-state index contributed by atoms with van der Waals surface area (Å²) < 4.78 is 7.52. The Morgan fingerprint density at radius 1 is 0.425 bits per heavy atom. The van der Waals surface area contributed by atoms with Crippen LogP contribution in [0, 0.1) is 6.92 Å². The summed E-state index contributed by atoms with van der Waals surface area (Å²) in [6, 6.07) is 46.8. The van der Waals surface area contributed by atoms with Crippen LogP contribution in [0.2, 0.25) is 0 Å². The van der Waals surface area contributed by atoms with Crippen molar-refractivity contribution in [3.05, 3.63) is 133 Å². The van der Waals surface area contributed by atoms with Crippen molar-refractivity contribution in [2.24, 2.45) is 0 Å². The Hall–Kier alpha value is -4.86. The molecule has 0 amide bonds. The Morgan fingerprint density at radius 2 is 0.950 bits per heavy atom. The van der Waals surface area contributed by atoms with Gasteiger partial charge in [-0.1, -0.05) is 78.4 Å². The van der Waals surface area contributed by atoms with Crippen molar-refractivity contribution in [1.82, 2.24) is 9.13 Å². The second-order valence-corrected chi connectivity index (χ2v) is 11.8. The maximum absolute atomic E-state index is 2.45. The Bertz CT molecular complexity index is 2430. The highest BCUT2D eigenvalue weighted by atomic mass is 32.1. The normalized spacial score (nSPS) is 12.1. The summed E-state index contributed by atoms with van der Waals surface area (Å²) in [4.78, 5) is 0. The van der Waals surface area contributed by atoms with Gasteiger partial charge in [0, 0.05) is 53.1 Å². The van der Waals surface area contributed by atoms with Gasteiger partial charge in [0.05, 0.1) is 22.1 Å². The highest BCUT2D eigenvalue weighted by Crippen LogP contribution is 2.43. The van der Waals surface area contributed by atoms with Crippen LogP contribution in [0.25, 0.3) is 75.2 Å². The van der Waals surface area contributed by atoms with Crippen LogP contribution < -0.4 is 0 Å². The van der Waals surface area contributed by atoms with E-state index < -0.39 is 0 Å². The number of rotatable bonds is 2. The molecule has 188 valence electrons. The summed E-state index contributed by atoms with van der Waals surface area (Å²) in [6.45, 7) is 2.14. The monoisotopic (exact) mass is 528 g/mol. The molecule has 2 nitrogen and oxygen atoms in total. The molecule has 3 heteroatoms. The van der Waals surface area contributed by atoms with E-state index in [0.29, 0.717) is 0 Å². The molecule has 0 aliphatic heterocycles. The summed E-state index contributed by atoms with van der Waals surface area (Å²) in [7, 11) is 0. The quantitative estimate of drug-likeness (QED) is 0.211. The van der Waals surface area contributed by atoms with Crippen LogP contribution in [0.3, 0.4) is 0 Å². The third-order valence-corrected chi connectivity index (χ3v) is 9.52. The average molecular weight is 529 g/mol. The van der Waals surface area contributed by atoms with Crippen molar-refractivity contribution in [3.63, 3.8) is 0 Å². The first-order valence-corrected chi connectivity index (χ1v) is 14.5. The number of aromatic nitrogens is 2. The van der Waals surface area contributed by atoms with Crippen LogP contribution in [0.4, 0.5) is 0 Å². The van der Waals surface area contributed by atoms with Gasteiger partial charge in [-0.3, -0.25) is 0 Å². The van der Waals surface area contributed by atoms with E-state index in [-0.39, 0.29) is 0 Å². The highest BCUT2D eigenvalue weighted by molar-refractivity contribution is 7.25. The molecule has 0 N–H and O–H groups in total. The molecule has 3 heterocycles. The van der Waals surface area contributed by atoms with Crippen molar-refractivity contribution in [2.45, 2.75) is 6.92 Å². The fraction of sp³-hybridized carbons (Fsp3) is 0.0270. The molecule has 40 heavy (non-hydrogen) atoms. The smallest absolute Gasteiger partial charge is 0.0548 e. The van der Waals surface area contributed by atoms with Crippen molar-refractivity contribution in [2.75, 3.05) is 0 Å². The molecule has 0 atom stereocenters. The fourth-order valence-electron chi connectivity index (χ4n) is 6.62. The first-order valence-electron chi connectivity index (χ1n) is 13.7. The number of para-hydroxylation sites is 2. The lowest BCUT2D eigenvalue weighted by molar-refractivity contribution is 1.17. The number of hydrogen-bond donors (Lipinski definition) is 0. The Labute approximate surface area is 234 Å². The molecule has 0 fully saturated rings. The summed E-state index contributed by atoms with van der Waals surface area (Å²) in [6.07, 6.45) is 0. The molecule has 0 aliphatic rings. The minimum atomic E-state index is 1.19. The van der Waals surface area contributed by atoms with Gasteiger partial charge in [0.2, 0.25) is 0 Å². The van der Waals surface area contributed by atoms with Crippen LogP contribution in [-0.2, 0) is 0 Å². The lowest BCUT2D eigenvalue weighted by Gasteiger charge is -2.10. The van der Waals surface area contributed by atoms with E-state index in [0.717, 1.165) is 0 Å². The maximum atomic E-state index is 2.45. The van der Waals surface area contributed by atoms with Gasteiger partial charge >= 0.3 is 0 Å². The predicted octanol–water partition coefficient (Wildman–Crippen LogP) is 10.6. The Morgan fingerprint density at radius 3 is 1.62 bits per heavy atom. The lowest BCUT2D eigenvalue weighted by Crippen LogP contribution is -1.94. The number of benzene rings is 6. The van der Waals surface area contributed by atoms with Gasteiger partial charge in [-0.05, 0) is 61.5 Å². The average Bonchev–Trinajstić information content (AvgIpc) is 3.64. The molecule has 3 aromatic heterocycles. The molecule has 0 bridgehead atoms. The molecular formula is C37H24N2S. The van der Waals surface area contributed by atoms with Crippen molar-refractivity contribution in [1.29, 1.82) is 0 Å². The number of thiophene rings is 1. The van der Waals surface area contributed by atoms with Crippen LogP contribution in [0.1, 0.15) is 5.56 Å². The van der Waals surface area contributed by atoms with E-state index in [4.69, 9.17) is 0 Å². The third-order valence-electron chi connectivity index (χ3n) is 8.38. The van der Waals surface area contributed by atoms with Crippen LogP contribution in [0.5, 0.6) is 0 Å². The maximum Gasteiger partial charge on any atom is 0.0548 e. The first kappa shape index (κ1) is 22.0. The topological polar surface area (TPSA) is 9.86 Å². The van der Waals surface area contributed by atoms with Crippen LogP contribution >= 0.6 is 11.3 Å². The molecule has 0 radical (unpaired) electrons. The lowest BCUT2D eigenvalue weighted by atomic mass is 10.1. The second kappa shape index (κ2) is 8.08. The van der Waals surface area contributed by atoms with Gasteiger partial charge in [0.25, 0.3) is 0 Å². The van der Waals surface area contributed by atoms with Crippen molar-refractivity contribution < 1.29 is 0 Å². The minimum Gasteiger partial charge on any atom is -0.309 e. The summed E-state index contributed by atoms with van der Waals surface area (Å²) in [5.74, 6) is 0. The predicted molar refractivity (Wildman–Crippen MR) is 173 cm³/mol. The zero-order chi connectivity index (χ0) is 26.4. The molecule has 0 unspecified atom stereocenters. The number of hydrogen-bond acceptors (Lipinski definition) is 1. The zero-order valence-corrected chi connectivity index (χ0v) is 22.7. The van der Waals surface area contributed by atoms with Crippen LogP contribution in [-0.4, -0.2) is 9.13 Å². The SMILES string of the molecule is Cc1ccc(-n2c3ccccc3c3c4c5ccccc5n(-c5ccc6c(c5)sc5ccccc56)c4ccc32)cc1. The number of nitrogens with zero attached hydrogens (tertiary/aromatic N) is 2. The van der Waals surface area contributed by atoms with E-state index in [2.05, 4.69) is 143 Å². The van der Waals surface area contributed by atoms with Crippen molar-refractivity contribution >= 4 is 75.1 Å². The molecule has 9 aromatic rings. The summed E-state index contributed by atoms with van der Waals surface area (Å²) in [5, 5.41) is 7.85. The van der Waals surface area contributed by atoms with Crippen LogP contribution in [0.15, 0.2) is 127 Å². The number of aryl methyl sites for hydroxylation is 1. The summed E-state index contributed by atoms with van der Waals surface area (Å²) >= 11 is 1.87. The highest BCUT2D eigenvalue weighted by Gasteiger charge is 2.20. The van der Waals surface area contributed by atoms with Gasteiger partial charge in [0.15, 0.2) is 0 Å². The first-order chi connectivity index (χ1) is 19.8. The van der Waals surface area contributed by atoms with Gasteiger partial charge < -0.3 is 9.13 Å². The zero-order valence-electron chi connectivity index (χ0n) is 21.9. The van der Waals surface area contributed by atoms with Gasteiger partial charge in [0.1, 0.15) is 0 Å². The molecular weight excluding hydrogens is 504 g/mol. The molecule has 6 aromatic carbocycles. The van der Waals surface area contributed by atoms with E-state index in [1.165, 1.54) is 80.7 Å². The largest absolute Gasteiger partial charge is 0.309 e. The summed E-state index contributed by atoms with van der Waals surface area (Å²) in [5.41, 5.74) is 8.60. The Balaban J connectivity index is 1.42. The van der Waals surface area contributed by atoms with Gasteiger partial charge in [-0.2, -0.15) is 0 Å². The van der Waals surface area contributed by atoms with E-state index >= 15 is 0 Å². The fourth-order valence-corrected chi connectivity index (χ4v) is 7.76. The van der Waals surface area contributed by atoms with Crippen molar-refractivity contribution in [3.8, 4) is 11.4 Å². The molecule has 0 spiro atoms. The van der Waals surface area contributed by atoms with Gasteiger partial charge in [-0.15, -0.1) is 11.3 Å². The molecule has 0 aliphatic carbocycles. The Kier molecular flexibility index (Phi) is 4.44. The van der Waals surface area contributed by atoms with E-state index in [9.17, 15) is 0 Å². The number of fused-ring (bicyclic) bond motifs is 10. The van der Waals surface area contributed by atoms with E-state index in [1.54, 1.807) is 0 Å². The standard InChI is InChI=1S/C37H24N2S/c1-23-14-16-24(17-15-23)38-30-11-5-2-9-28(30)36-32(38)20-21-33-37(36)29-10-3-6-12-31(29)39(33)25-18-19-27-26-8-4-7-13-34(26)40-35(27)22-25/h2-22H,1H3. The van der Waals surface area contributed by atoms with Gasteiger partial charge in [-0.25, -0.2) is 0 Å². The second-order valence-electron chi connectivity index (χ2n) is 10.7. The minimum absolute atomic E-state index is 1.19. The molecule has 0 saturated heterocycles. The third kappa shape index (κ3) is 2.93.